The van der Waals surface area contributed by atoms with Gasteiger partial charge in [0, 0.05) is 18.2 Å². The van der Waals surface area contributed by atoms with Crippen LogP contribution in [0.15, 0.2) is 28.6 Å². The standard InChI is InChI=1S/C13H19NO/c1-10(2)12(8-14-13-3-4-13)7-11-5-6-15-9-11/h5-7,9-10,13-14H,3-4,8H2,1-2H3. The smallest absolute Gasteiger partial charge is 0.0974 e. The predicted octanol–water partition coefficient (Wildman–Crippen LogP) is 3.07. The summed E-state index contributed by atoms with van der Waals surface area (Å²) in [7, 11) is 0. The molecule has 1 saturated carbocycles. The van der Waals surface area contributed by atoms with Crippen molar-refractivity contribution in [3.05, 3.63) is 29.7 Å². The number of rotatable bonds is 5. The molecule has 0 amide bonds. The van der Waals surface area contributed by atoms with Crippen LogP contribution in [-0.4, -0.2) is 12.6 Å². The first-order chi connectivity index (χ1) is 7.25. The highest BCUT2D eigenvalue weighted by Crippen LogP contribution is 2.20. The van der Waals surface area contributed by atoms with Gasteiger partial charge in [-0.25, -0.2) is 0 Å². The van der Waals surface area contributed by atoms with E-state index >= 15 is 0 Å². The summed E-state index contributed by atoms with van der Waals surface area (Å²) in [5, 5.41) is 3.55. The van der Waals surface area contributed by atoms with E-state index in [0.29, 0.717) is 5.92 Å². The Hall–Kier alpha value is -1.02. The summed E-state index contributed by atoms with van der Waals surface area (Å²) < 4.78 is 5.07. The highest BCUT2D eigenvalue weighted by Gasteiger charge is 2.20. The molecule has 1 aliphatic rings. The van der Waals surface area contributed by atoms with E-state index in [1.807, 2.05) is 6.07 Å². The minimum Gasteiger partial charge on any atom is -0.472 e. The lowest BCUT2D eigenvalue weighted by Gasteiger charge is -2.11. The van der Waals surface area contributed by atoms with Gasteiger partial charge in [0.2, 0.25) is 0 Å². The third kappa shape index (κ3) is 3.24. The summed E-state index contributed by atoms with van der Waals surface area (Å²) in [6.45, 7) is 5.48. The van der Waals surface area contributed by atoms with Crippen LogP contribution >= 0.6 is 0 Å². The fourth-order valence-electron chi connectivity index (χ4n) is 1.54. The molecule has 1 aromatic rings. The van der Waals surface area contributed by atoms with Gasteiger partial charge < -0.3 is 9.73 Å². The Morgan fingerprint density at radius 3 is 2.93 bits per heavy atom. The average Bonchev–Trinajstić information content (AvgIpc) is 2.89. The highest BCUT2D eigenvalue weighted by atomic mass is 16.3. The second-order valence-corrected chi connectivity index (χ2v) is 4.59. The van der Waals surface area contributed by atoms with Gasteiger partial charge in [0.25, 0.3) is 0 Å². The van der Waals surface area contributed by atoms with Crippen molar-refractivity contribution in [2.24, 2.45) is 5.92 Å². The van der Waals surface area contributed by atoms with Crippen molar-refractivity contribution in [1.29, 1.82) is 0 Å². The van der Waals surface area contributed by atoms with E-state index in [9.17, 15) is 0 Å². The Balaban J connectivity index is 1.97. The molecule has 0 aromatic carbocycles. The quantitative estimate of drug-likeness (QED) is 0.799. The van der Waals surface area contributed by atoms with Gasteiger partial charge in [0.1, 0.15) is 0 Å². The summed E-state index contributed by atoms with van der Waals surface area (Å²) >= 11 is 0. The second-order valence-electron chi connectivity index (χ2n) is 4.59. The van der Waals surface area contributed by atoms with Crippen molar-refractivity contribution >= 4 is 6.08 Å². The van der Waals surface area contributed by atoms with Crippen LogP contribution in [0.5, 0.6) is 0 Å². The Kier molecular flexibility index (Phi) is 3.27. The number of nitrogens with one attached hydrogen (secondary N) is 1. The topological polar surface area (TPSA) is 25.2 Å². The molecule has 1 N–H and O–H groups in total. The molecule has 1 aromatic heterocycles. The normalized spacial score (nSPS) is 17.4. The molecule has 82 valence electrons. The first-order valence-corrected chi connectivity index (χ1v) is 5.72. The third-order valence-corrected chi connectivity index (χ3v) is 2.81. The minimum absolute atomic E-state index is 0.589. The molecule has 1 aliphatic carbocycles. The lowest BCUT2D eigenvalue weighted by molar-refractivity contribution is 0.566. The zero-order chi connectivity index (χ0) is 10.7. The van der Waals surface area contributed by atoms with E-state index in [-0.39, 0.29) is 0 Å². The molecule has 0 unspecified atom stereocenters. The van der Waals surface area contributed by atoms with Crippen molar-refractivity contribution in [3.8, 4) is 0 Å². The van der Waals surface area contributed by atoms with E-state index in [1.165, 1.54) is 18.4 Å². The number of hydrogen-bond donors (Lipinski definition) is 1. The maximum Gasteiger partial charge on any atom is 0.0974 e. The highest BCUT2D eigenvalue weighted by molar-refractivity contribution is 5.52. The summed E-state index contributed by atoms with van der Waals surface area (Å²) in [6, 6.07) is 2.77. The third-order valence-electron chi connectivity index (χ3n) is 2.81. The fraction of sp³-hybridized carbons (Fsp3) is 0.538. The molecule has 0 atom stereocenters. The second kappa shape index (κ2) is 4.67. The zero-order valence-electron chi connectivity index (χ0n) is 9.49. The molecule has 2 rings (SSSR count). The van der Waals surface area contributed by atoms with Crippen molar-refractivity contribution in [1.82, 2.24) is 5.32 Å². The molecule has 1 fully saturated rings. The maximum absolute atomic E-state index is 5.07. The van der Waals surface area contributed by atoms with E-state index in [2.05, 4.69) is 25.2 Å². The average molecular weight is 205 g/mol. The van der Waals surface area contributed by atoms with Crippen LogP contribution in [0.1, 0.15) is 32.3 Å². The van der Waals surface area contributed by atoms with Crippen LogP contribution in [0.4, 0.5) is 0 Å². The summed E-state index contributed by atoms with van der Waals surface area (Å²) in [4.78, 5) is 0. The van der Waals surface area contributed by atoms with Crippen LogP contribution < -0.4 is 5.32 Å². The van der Waals surface area contributed by atoms with Gasteiger partial charge in [-0.05, 0) is 24.8 Å². The molecular formula is C13H19NO. The number of hydrogen-bond acceptors (Lipinski definition) is 2. The van der Waals surface area contributed by atoms with E-state index < -0.39 is 0 Å². The van der Waals surface area contributed by atoms with E-state index in [0.717, 1.165) is 18.2 Å². The Bertz CT molecular complexity index is 320. The Labute approximate surface area is 91.4 Å². The van der Waals surface area contributed by atoms with Crippen molar-refractivity contribution in [3.63, 3.8) is 0 Å². The van der Waals surface area contributed by atoms with Crippen LogP contribution in [0.2, 0.25) is 0 Å². The largest absolute Gasteiger partial charge is 0.472 e. The first-order valence-electron chi connectivity index (χ1n) is 5.72. The van der Waals surface area contributed by atoms with Gasteiger partial charge in [-0.1, -0.05) is 25.5 Å². The minimum atomic E-state index is 0.589. The van der Waals surface area contributed by atoms with Crippen LogP contribution in [0.25, 0.3) is 6.08 Å². The molecular weight excluding hydrogens is 186 g/mol. The van der Waals surface area contributed by atoms with Gasteiger partial charge in [0.05, 0.1) is 12.5 Å². The van der Waals surface area contributed by atoms with Crippen LogP contribution in [-0.2, 0) is 0 Å². The lowest BCUT2D eigenvalue weighted by Crippen LogP contribution is -2.21. The van der Waals surface area contributed by atoms with Gasteiger partial charge in [-0.15, -0.1) is 0 Å². The Morgan fingerprint density at radius 2 is 2.40 bits per heavy atom. The monoisotopic (exact) mass is 205 g/mol. The molecule has 2 heteroatoms. The lowest BCUT2D eigenvalue weighted by atomic mass is 10.0. The number of furan rings is 1. The summed E-state index contributed by atoms with van der Waals surface area (Å²) in [6.07, 6.45) is 8.43. The molecule has 0 aliphatic heterocycles. The van der Waals surface area contributed by atoms with Crippen LogP contribution in [0, 0.1) is 5.92 Å². The molecule has 0 saturated heterocycles. The van der Waals surface area contributed by atoms with E-state index in [1.54, 1.807) is 12.5 Å². The first kappa shape index (κ1) is 10.5. The fourth-order valence-corrected chi connectivity index (χ4v) is 1.54. The van der Waals surface area contributed by atoms with E-state index in [4.69, 9.17) is 4.42 Å². The van der Waals surface area contributed by atoms with Crippen molar-refractivity contribution in [2.75, 3.05) is 6.54 Å². The molecule has 15 heavy (non-hydrogen) atoms. The van der Waals surface area contributed by atoms with Crippen molar-refractivity contribution in [2.45, 2.75) is 32.7 Å². The van der Waals surface area contributed by atoms with Gasteiger partial charge in [0.15, 0.2) is 0 Å². The SMILES string of the molecule is CC(C)C(=Cc1ccoc1)CNC1CC1. The van der Waals surface area contributed by atoms with Crippen molar-refractivity contribution < 1.29 is 4.42 Å². The molecule has 0 spiro atoms. The predicted molar refractivity (Wildman–Crippen MR) is 62.5 cm³/mol. The molecule has 1 heterocycles. The Morgan fingerprint density at radius 1 is 1.60 bits per heavy atom. The molecule has 0 bridgehead atoms. The zero-order valence-corrected chi connectivity index (χ0v) is 9.49. The maximum atomic E-state index is 5.07. The van der Waals surface area contributed by atoms with Crippen LogP contribution in [0.3, 0.4) is 0 Å². The van der Waals surface area contributed by atoms with Gasteiger partial charge in [-0.3, -0.25) is 0 Å². The van der Waals surface area contributed by atoms with Gasteiger partial charge in [-0.2, -0.15) is 0 Å². The van der Waals surface area contributed by atoms with Gasteiger partial charge >= 0.3 is 0 Å². The molecule has 0 radical (unpaired) electrons. The summed E-state index contributed by atoms with van der Waals surface area (Å²) in [5.41, 5.74) is 2.61. The molecule has 2 nitrogen and oxygen atoms in total. The summed E-state index contributed by atoms with van der Waals surface area (Å²) in [5.74, 6) is 0.589.